The smallest absolute Gasteiger partial charge is 0.0514 e. The third-order valence-electron chi connectivity index (χ3n) is 2.10. The summed E-state index contributed by atoms with van der Waals surface area (Å²) in [5.74, 6) is 0.615. The van der Waals surface area contributed by atoms with Crippen LogP contribution in [0.5, 0.6) is 0 Å². The Labute approximate surface area is 75.6 Å². The number of rotatable bonds is 7. The summed E-state index contributed by atoms with van der Waals surface area (Å²) in [6.07, 6.45) is 5.11. The van der Waals surface area contributed by atoms with Gasteiger partial charge in [-0.15, -0.1) is 0 Å². The van der Waals surface area contributed by atoms with E-state index in [0.717, 1.165) is 19.3 Å². The van der Waals surface area contributed by atoms with Gasteiger partial charge in [-0.05, 0) is 25.7 Å². The molecule has 0 aromatic rings. The van der Waals surface area contributed by atoms with Gasteiger partial charge in [-0.2, -0.15) is 0 Å². The van der Waals surface area contributed by atoms with E-state index in [4.69, 9.17) is 10.2 Å². The van der Waals surface area contributed by atoms with E-state index in [9.17, 15) is 0 Å². The summed E-state index contributed by atoms with van der Waals surface area (Å²) >= 11 is 0. The van der Waals surface area contributed by atoms with Crippen LogP contribution in [0.4, 0.5) is 0 Å². The van der Waals surface area contributed by atoms with Crippen LogP contribution < -0.4 is 0 Å². The maximum absolute atomic E-state index is 9.09. The van der Waals surface area contributed by atoms with Crippen LogP contribution in [0.3, 0.4) is 0 Å². The summed E-state index contributed by atoms with van der Waals surface area (Å²) in [5, 5.41) is 17.6. The van der Waals surface area contributed by atoms with E-state index in [1.807, 2.05) is 6.92 Å². The summed E-state index contributed by atoms with van der Waals surface area (Å²) in [6, 6.07) is 0. The second kappa shape index (κ2) is 7.56. The fraction of sp³-hybridized carbons (Fsp3) is 1.00. The molecule has 0 saturated carbocycles. The highest BCUT2D eigenvalue weighted by molar-refractivity contribution is 4.57. The van der Waals surface area contributed by atoms with Gasteiger partial charge < -0.3 is 10.2 Å². The number of aliphatic hydroxyl groups is 2. The van der Waals surface area contributed by atoms with Crippen molar-refractivity contribution < 1.29 is 10.2 Å². The highest BCUT2D eigenvalue weighted by Crippen LogP contribution is 2.14. The normalized spacial score (nSPS) is 16.0. The van der Waals surface area contributed by atoms with E-state index in [0.29, 0.717) is 12.5 Å². The summed E-state index contributed by atoms with van der Waals surface area (Å²) < 4.78 is 0. The number of hydrogen-bond donors (Lipinski definition) is 2. The van der Waals surface area contributed by atoms with Crippen molar-refractivity contribution in [2.75, 3.05) is 6.61 Å². The first-order chi connectivity index (χ1) is 5.66. The fourth-order valence-electron chi connectivity index (χ4n) is 1.48. The Hall–Kier alpha value is -0.0800. The standard InChI is InChI=1S/C10H22O2/c1-9(8-10(2)12)6-4-3-5-7-11/h9-12H,3-8H2,1-2H3. The molecule has 0 aromatic carbocycles. The van der Waals surface area contributed by atoms with Crippen molar-refractivity contribution in [2.45, 2.75) is 52.1 Å². The van der Waals surface area contributed by atoms with Crippen LogP contribution in [0, 0.1) is 5.92 Å². The Bertz CT molecular complexity index is 91.8. The zero-order chi connectivity index (χ0) is 9.40. The molecule has 0 amide bonds. The van der Waals surface area contributed by atoms with Crippen LogP contribution in [0.15, 0.2) is 0 Å². The van der Waals surface area contributed by atoms with Gasteiger partial charge in [0.05, 0.1) is 6.10 Å². The molecule has 0 rings (SSSR count). The van der Waals surface area contributed by atoms with Crippen molar-refractivity contribution in [3.05, 3.63) is 0 Å². The molecule has 0 saturated heterocycles. The number of hydrogen-bond acceptors (Lipinski definition) is 2. The van der Waals surface area contributed by atoms with Crippen molar-refractivity contribution in [3.8, 4) is 0 Å². The first kappa shape index (κ1) is 11.9. The van der Waals surface area contributed by atoms with Crippen LogP contribution >= 0.6 is 0 Å². The van der Waals surface area contributed by atoms with E-state index in [2.05, 4.69) is 6.92 Å². The van der Waals surface area contributed by atoms with Crippen LogP contribution in [-0.2, 0) is 0 Å². The predicted molar refractivity (Wildman–Crippen MR) is 51.0 cm³/mol. The molecule has 0 aromatic heterocycles. The molecule has 0 radical (unpaired) electrons. The molecule has 0 aliphatic heterocycles. The molecular weight excluding hydrogens is 152 g/mol. The maximum Gasteiger partial charge on any atom is 0.0514 e. The Kier molecular flexibility index (Phi) is 7.51. The van der Waals surface area contributed by atoms with Gasteiger partial charge in [0.15, 0.2) is 0 Å². The largest absolute Gasteiger partial charge is 0.396 e. The minimum atomic E-state index is -0.169. The van der Waals surface area contributed by atoms with Gasteiger partial charge in [0.2, 0.25) is 0 Å². The Morgan fingerprint density at radius 3 is 2.25 bits per heavy atom. The van der Waals surface area contributed by atoms with Crippen molar-refractivity contribution in [1.82, 2.24) is 0 Å². The maximum atomic E-state index is 9.09. The lowest BCUT2D eigenvalue weighted by Gasteiger charge is -2.12. The van der Waals surface area contributed by atoms with Gasteiger partial charge in [0.25, 0.3) is 0 Å². The van der Waals surface area contributed by atoms with Crippen LogP contribution in [0.1, 0.15) is 46.0 Å². The van der Waals surface area contributed by atoms with E-state index >= 15 is 0 Å². The molecule has 0 fully saturated rings. The van der Waals surface area contributed by atoms with E-state index in [1.54, 1.807) is 0 Å². The van der Waals surface area contributed by atoms with Crippen molar-refractivity contribution in [2.24, 2.45) is 5.92 Å². The lowest BCUT2D eigenvalue weighted by atomic mass is 9.97. The monoisotopic (exact) mass is 174 g/mol. The molecule has 2 unspecified atom stereocenters. The highest BCUT2D eigenvalue weighted by Gasteiger charge is 2.04. The molecule has 2 N–H and O–H groups in total. The molecular formula is C10H22O2. The summed E-state index contributed by atoms with van der Waals surface area (Å²) in [6.45, 7) is 4.32. The lowest BCUT2D eigenvalue weighted by Crippen LogP contribution is -2.06. The zero-order valence-electron chi connectivity index (χ0n) is 8.29. The van der Waals surface area contributed by atoms with Crippen LogP contribution in [-0.4, -0.2) is 22.9 Å². The van der Waals surface area contributed by atoms with Gasteiger partial charge in [0, 0.05) is 6.61 Å². The fourth-order valence-corrected chi connectivity index (χ4v) is 1.48. The Balaban J connectivity index is 3.14. The molecule has 2 heteroatoms. The van der Waals surface area contributed by atoms with E-state index in [-0.39, 0.29) is 6.10 Å². The molecule has 2 atom stereocenters. The average Bonchev–Trinajstić information content (AvgIpc) is 1.97. The van der Waals surface area contributed by atoms with Crippen LogP contribution in [0.25, 0.3) is 0 Å². The third kappa shape index (κ3) is 8.02. The molecule has 74 valence electrons. The third-order valence-corrected chi connectivity index (χ3v) is 2.10. The van der Waals surface area contributed by atoms with Gasteiger partial charge in [-0.1, -0.05) is 26.2 Å². The van der Waals surface area contributed by atoms with Gasteiger partial charge >= 0.3 is 0 Å². The van der Waals surface area contributed by atoms with Gasteiger partial charge in [-0.3, -0.25) is 0 Å². The second-order valence-electron chi connectivity index (χ2n) is 3.76. The SMILES string of the molecule is CC(O)CC(C)CCCCCO. The van der Waals surface area contributed by atoms with Gasteiger partial charge in [0.1, 0.15) is 0 Å². The second-order valence-corrected chi connectivity index (χ2v) is 3.76. The van der Waals surface area contributed by atoms with Gasteiger partial charge in [-0.25, -0.2) is 0 Å². The summed E-state index contributed by atoms with van der Waals surface area (Å²) in [4.78, 5) is 0. The van der Waals surface area contributed by atoms with E-state index < -0.39 is 0 Å². The zero-order valence-corrected chi connectivity index (χ0v) is 8.29. The minimum absolute atomic E-state index is 0.169. The van der Waals surface area contributed by atoms with Crippen molar-refractivity contribution in [1.29, 1.82) is 0 Å². The lowest BCUT2D eigenvalue weighted by molar-refractivity contribution is 0.160. The Morgan fingerprint density at radius 2 is 1.75 bits per heavy atom. The first-order valence-electron chi connectivity index (χ1n) is 4.95. The highest BCUT2D eigenvalue weighted by atomic mass is 16.3. The molecule has 0 aliphatic rings. The van der Waals surface area contributed by atoms with E-state index in [1.165, 1.54) is 12.8 Å². The number of aliphatic hydroxyl groups excluding tert-OH is 2. The molecule has 2 nitrogen and oxygen atoms in total. The first-order valence-corrected chi connectivity index (χ1v) is 4.95. The molecule has 0 bridgehead atoms. The van der Waals surface area contributed by atoms with Crippen LogP contribution in [0.2, 0.25) is 0 Å². The Morgan fingerprint density at radius 1 is 1.08 bits per heavy atom. The number of unbranched alkanes of at least 4 members (excludes halogenated alkanes) is 2. The predicted octanol–water partition coefficient (Wildman–Crippen LogP) is 1.95. The summed E-state index contributed by atoms with van der Waals surface area (Å²) in [7, 11) is 0. The molecule has 12 heavy (non-hydrogen) atoms. The quantitative estimate of drug-likeness (QED) is 0.579. The molecule has 0 spiro atoms. The average molecular weight is 174 g/mol. The summed E-state index contributed by atoms with van der Waals surface area (Å²) in [5.41, 5.74) is 0. The van der Waals surface area contributed by atoms with Crippen molar-refractivity contribution >= 4 is 0 Å². The topological polar surface area (TPSA) is 40.5 Å². The molecule has 0 heterocycles. The molecule has 0 aliphatic carbocycles. The minimum Gasteiger partial charge on any atom is -0.396 e. The van der Waals surface area contributed by atoms with Crippen molar-refractivity contribution in [3.63, 3.8) is 0 Å².